The predicted molar refractivity (Wildman–Crippen MR) is 102 cm³/mol. The monoisotopic (exact) mass is 390 g/mol. The fourth-order valence-corrected chi connectivity index (χ4v) is 3.95. The Hall–Kier alpha value is -2.32. The third-order valence-corrected chi connectivity index (χ3v) is 5.41. The topological polar surface area (TPSA) is 88.3 Å². The number of nitrogens with zero attached hydrogens (tertiary/aromatic N) is 2. The van der Waals surface area contributed by atoms with Crippen molar-refractivity contribution >= 4 is 23.2 Å². The zero-order valence-electron chi connectivity index (χ0n) is 15.0. The minimum atomic E-state index is -0.274. The van der Waals surface area contributed by atoms with Gasteiger partial charge in [0.1, 0.15) is 11.5 Å². The number of rotatable bonds is 6. The van der Waals surface area contributed by atoms with Crippen LogP contribution in [0.4, 0.5) is 4.39 Å². The van der Waals surface area contributed by atoms with Gasteiger partial charge in [-0.3, -0.25) is 9.59 Å². The van der Waals surface area contributed by atoms with Crippen molar-refractivity contribution in [2.24, 2.45) is 11.7 Å². The second kappa shape index (κ2) is 9.05. The van der Waals surface area contributed by atoms with Gasteiger partial charge in [-0.1, -0.05) is 12.1 Å². The molecule has 0 saturated carbocycles. The average molecular weight is 390 g/mol. The fraction of sp³-hybridized carbons (Fsp3) is 0.421. The highest BCUT2D eigenvalue weighted by atomic mass is 32.1. The molecule has 2 heterocycles. The van der Waals surface area contributed by atoms with Gasteiger partial charge in [0.2, 0.25) is 5.91 Å². The number of thiazole rings is 1. The van der Waals surface area contributed by atoms with E-state index in [0.717, 1.165) is 23.4 Å². The van der Waals surface area contributed by atoms with Crippen molar-refractivity contribution in [3.63, 3.8) is 0 Å². The molecule has 0 spiro atoms. The second-order valence-electron chi connectivity index (χ2n) is 6.60. The third kappa shape index (κ3) is 5.11. The summed E-state index contributed by atoms with van der Waals surface area (Å²) in [5.74, 6) is -0.670. The Morgan fingerprint density at radius 2 is 2.11 bits per heavy atom. The Kier molecular flexibility index (Phi) is 6.52. The molecule has 3 N–H and O–H groups in total. The van der Waals surface area contributed by atoms with Crippen molar-refractivity contribution in [2.45, 2.75) is 19.3 Å². The van der Waals surface area contributed by atoms with Gasteiger partial charge in [0, 0.05) is 38.0 Å². The zero-order valence-corrected chi connectivity index (χ0v) is 15.8. The molecule has 1 unspecified atom stereocenters. The first-order valence-electron chi connectivity index (χ1n) is 9.02. The SMILES string of the molecule is NCCNC(=O)C1CCCN(C(=O)c2csc(Cc3ccc(F)cc3)n2)C1. The van der Waals surface area contributed by atoms with E-state index in [0.29, 0.717) is 38.3 Å². The van der Waals surface area contributed by atoms with Crippen LogP contribution in [0, 0.1) is 11.7 Å². The first kappa shape index (κ1) is 19.4. The van der Waals surface area contributed by atoms with Crippen molar-refractivity contribution in [2.75, 3.05) is 26.2 Å². The number of carbonyl (C=O) groups excluding carboxylic acids is 2. The number of amides is 2. The van der Waals surface area contributed by atoms with Gasteiger partial charge in [-0.15, -0.1) is 11.3 Å². The smallest absolute Gasteiger partial charge is 0.273 e. The third-order valence-electron chi connectivity index (χ3n) is 4.56. The highest BCUT2D eigenvalue weighted by Crippen LogP contribution is 2.21. The molecule has 6 nitrogen and oxygen atoms in total. The predicted octanol–water partition coefficient (Wildman–Crippen LogP) is 1.80. The quantitative estimate of drug-likeness (QED) is 0.787. The van der Waals surface area contributed by atoms with Crippen LogP contribution in [0.3, 0.4) is 0 Å². The normalized spacial score (nSPS) is 17.0. The van der Waals surface area contributed by atoms with E-state index < -0.39 is 0 Å². The molecule has 0 radical (unpaired) electrons. The molecule has 144 valence electrons. The number of halogens is 1. The van der Waals surface area contributed by atoms with Crippen LogP contribution in [0.5, 0.6) is 0 Å². The van der Waals surface area contributed by atoms with E-state index in [4.69, 9.17) is 5.73 Å². The summed E-state index contributed by atoms with van der Waals surface area (Å²) in [5.41, 5.74) is 6.76. The first-order valence-corrected chi connectivity index (χ1v) is 9.90. The molecule has 0 bridgehead atoms. The molecular formula is C19H23FN4O2S. The maximum atomic E-state index is 13.0. The lowest BCUT2D eigenvalue weighted by molar-refractivity contribution is -0.126. The Bertz CT molecular complexity index is 793. The molecule has 1 atom stereocenters. The molecule has 27 heavy (non-hydrogen) atoms. The molecule has 1 aromatic heterocycles. The number of aromatic nitrogens is 1. The van der Waals surface area contributed by atoms with E-state index in [1.807, 2.05) is 0 Å². The number of nitrogens with two attached hydrogens (primary N) is 1. The van der Waals surface area contributed by atoms with Gasteiger partial charge in [-0.05, 0) is 30.5 Å². The van der Waals surface area contributed by atoms with Crippen molar-refractivity contribution < 1.29 is 14.0 Å². The number of nitrogens with one attached hydrogen (secondary N) is 1. The molecule has 1 aliphatic rings. The van der Waals surface area contributed by atoms with E-state index in [9.17, 15) is 14.0 Å². The molecule has 1 saturated heterocycles. The molecule has 8 heteroatoms. The molecule has 1 aliphatic heterocycles. The van der Waals surface area contributed by atoms with Crippen LogP contribution in [0.25, 0.3) is 0 Å². The van der Waals surface area contributed by atoms with Crippen molar-refractivity contribution in [3.05, 3.63) is 51.7 Å². The summed E-state index contributed by atoms with van der Waals surface area (Å²) in [6.07, 6.45) is 2.12. The maximum Gasteiger partial charge on any atom is 0.273 e. The lowest BCUT2D eigenvalue weighted by Gasteiger charge is -2.31. The number of hydrogen-bond acceptors (Lipinski definition) is 5. The Balaban J connectivity index is 1.61. The van der Waals surface area contributed by atoms with Gasteiger partial charge in [-0.2, -0.15) is 0 Å². The summed E-state index contributed by atoms with van der Waals surface area (Å²) >= 11 is 1.41. The minimum Gasteiger partial charge on any atom is -0.355 e. The van der Waals surface area contributed by atoms with Crippen molar-refractivity contribution in [3.8, 4) is 0 Å². The van der Waals surface area contributed by atoms with Crippen LogP contribution in [0.1, 0.15) is 33.9 Å². The molecule has 2 amide bonds. The fourth-order valence-electron chi connectivity index (χ4n) is 3.14. The molecule has 1 aromatic carbocycles. The zero-order chi connectivity index (χ0) is 19.2. The van der Waals surface area contributed by atoms with Crippen LogP contribution < -0.4 is 11.1 Å². The van der Waals surface area contributed by atoms with Gasteiger partial charge in [0.15, 0.2) is 0 Å². The number of piperidine rings is 1. The molecular weight excluding hydrogens is 367 g/mol. The van der Waals surface area contributed by atoms with Crippen molar-refractivity contribution in [1.82, 2.24) is 15.2 Å². The van der Waals surface area contributed by atoms with E-state index in [1.54, 1.807) is 22.4 Å². The summed E-state index contributed by atoms with van der Waals surface area (Å²) in [6, 6.07) is 6.26. The van der Waals surface area contributed by atoms with Gasteiger partial charge < -0.3 is 16.0 Å². The van der Waals surface area contributed by atoms with Gasteiger partial charge in [0.05, 0.1) is 10.9 Å². The van der Waals surface area contributed by atoms with Crippen LogP contribution in [-0.2, 0) is 11.2 Å². The summed E-state index contributed by atoms with van der Waals surface area (Å²) in [5, 5.41) is 5.35. The van der Waals surface area contributed by atoms with E-state index in [-0.39, 0.29) is 23.5 Å². The molecule has 0 aliphatic carbocycles. The first-order chi connectivity index (χ1) is 13.1. The highest BCUT2D eigenvalue weighted by molar-refractivity contribution is 7.09. The number of benzene rings is 1. The molecule has 3 rings (SSSR count). The lowest BCUT2D eigenvalue weighted by atomic mass is 9.97. The van der Waals surface area contributed by atoms with Gasteiger partial charge in [0.25, 0.3) is 5.91 Å². The van der Waals surface area contributed by atoms with Crippen LogP contribution in [-0.4, -0.2) is 47.9 Å². The highest BCUT2D eigenvalue weighted by Gasteiger charge is 2.29. The second-order valence-corrected chi connectivity index (χ2v) is 7.54. The standard InChI is InChI=1S/C19H23FN4O2S/c20-15-5-3-13(4-6-15)10-17-23-16(12-27-17)19(26)24-9-1-2-14(11-24)18(25)22-8-7-21/h3-6,12,14H,1-2,7-11,21H2,(H,22,25). The summed E-state index contributed by atoms with van der Waals surface area (Å²) in [4.78, 5) is 31.0. The Morgan fingerprint density at radius 1 is 1.33 bits per heavy atom. The van der Waals surface area contributed by atoms with Crippen LogP contribution >= 0.6 is 11.3 Å². The molecule has 1 fully saturated rings. The summed E-state index contributed by atoms with van der Waals surface area (Å²) < 4.78 is 13.0. The van der Waals surface area contributed by atoms with Crippen LogP contribution in [0.15, 0.2) is 29.6 Å². The van der Waals surface area contributed by atoms with E-state index >= 15 is 0 Å². The summed E-state index contributed by atoms with van der Waals surface area (Å²) in [7, 11) is 0. The number of carbonyl (C=O) groups is 2. The van der Waals surface area contributed by atoms with Gasteiger partial charge >= 0.3 is 0 Å². The maximum absolute atomic E-state index is 13.0. The van der Waals surface area contributed by atoms with Crippen LogP contribution in [0.2, 0.25) is 0 Å². The average Bonchev–Trinajstić information content (AvgIpc) is 3.16. The van der Waals surface area contributed by atoms with Crippen molar-refractivity contribution in [1.29, 1.82) is 0 Å². The van der Waals surface area contributed by atoms with E-state index in [1.165, 1.54) is 23.5 Å². The largest absolute Gasteiger partial charge is 0.355 e. The lowest BCUT2D eigenvalue weighted by Crippen LogP contribution is -2.46. The minimum absolute atomic E-state index is 0.0479. The summed E-state index contributed by atoms with van der Waals surface area (Å²) in [6.45, 7) is 1.88. The number of likely N-dealkylation sites (tertiary alicyclic amines) is 1. The molecule has 2 aromatic rings. The van der Waals surface area contributed by atoms with Gasteiger partial charge in [-0.25, -0.2) is 9.37 Å². The Labute approximate surface area is 161 Å². The number of hydrogen-bond donors (Lipinski definition) is 2. The van der Waals surface area contributed by atoms with E-state index in [2.05, 4.69) is 10.3 Å². The Morgan fingerprint density at radius 3 is 2.85 bits per heavy atom.